The first-order valence-corrected chi connectivity index (χ1v) is 7.38. The van der Waals surface area contributed by atoms with Crippen molar-refractivity contribution in [3.8, 4) is 0 Å². The Labute approximate surface area is 119 Å². The molecular formula is C16H20N4. The van der Waals surface area contributed by atoms with Crippen LogP contribution in [0.3, 0.4) is 0 Å². The summed E-state index contributed by atoms with van der Waals surface area (Å²) < 4.78 is 0. The van der Waals surface area contributed by atoms with Gasteiger partial charge in [-0.15, -0.1) is 0 Å². The smallest absolute Gasteiger partial charge is 0.129 e. The lowest BCUT2D eigenvalue weighted by atomic mass is 9.84. The lowest BCUT2D eigenvalue weighted by molar-refractivity contribution is 0.587. The zero-order chi connectivity index (χ0) is 13.8. The molecular weight excluding hydrogens is 248 g/mol. The van der Waals surface area contributed by atoms with Crippen LogP contribution in [-0.2, 0) is 6.42 Å². The Morgan fingerprint density at radius 3 is 3.15 bits per heavy atom. The van der Waals surface area contributed by atoms with E-state index in [9.17, 15) is 0 Å². The summed E-state index contributed by atoms with van der Waals surface area (Å²) in [5.74, 6) is 1.23. The number of fused-ring (bicyclic) bond motifs is 1. The highest BCUT2D eigenvalue weighted by molar-refractivity contribution is 5.39. The third-order valence-electron chi connectivity index (χ3n) is 3.80. The second-order valence-electron chi connectivity index (χ2n) is 5.25. The van der Waals surface area contributed by atoms with E-state index in [4.69, 9.17) is 0 Å². The maximum atomic E-state index is 4.59. The van der Waals surface area contributed by atoms with Crippen LogP contribution in [0.25, 0.3) is 0 Å². The summed E-state index contributed by atoms with van der Waals surface area (Å²) in [6.45, 7) is 3.09. The van der Waals surface area contributed by atoms with Crippen molar-refractivity contribution in [2.24, 2.45) is 0 Å². The van der Waals surface area contributed by atoms with Crippen LogP contribution in [0.4, 0.5) is 5.82 Å². The average Bonchev–Trinajstić information content (AvgIpc) is 2.52. The number of rotatable bonds is 4. The summed E-state index contributed by atoms with van der Waals surface area (Å²) in [6, 6.07) is 6.28. The van der Waals surface area contributed by atoms with Gasteiger partial charge in [0.25, 0.3) is 0 Å². The number of hydrogen-bond donors (Lipinski definition) is 1. The number of aromatic nitrogens is 3. The number of anilines is 1. The number of aryl methyl sites for hydroxylation is 1. The molecule has 1 aliphatic rings. The monoisotopic (exact) mass is 268 g/mol. The Morgan fingerprint density at radius 2 is 2.25 bits per heavy atom. The molecule has 1 atom stereocenters. The topological polar surface area (TPSA) is 50.7 Å². The van der Waals surface area contributed by atoms with Crippen LogP contribution < -0.4 is 5.32 Å². The molecule has 0 amide bonds. The van der Waals surface area contributed by atoms with E-state index < -0.39 is 0 Å². The first-order valence-electron chi connectivity index (χ1n) is 7.38. The van der Waals surface area contributed by atoms with E-state index in [1.54, 1.807) is 6.33 Å². The molecule has 1 N–H and O–H groups in total. The van der Waals surface area contributed by atoms with Gasteiger partial charge < -0.3 is 5.32 Å². The highest BCUT2D eigenvalue weighted by Crippen LogP contribution is 2.34. The fourth-order valence-electron chi connectivity index (χ4n) is 2.81. The molecule has 0 spiro atoms. The Bertz CT molecular complexity index is 582. The second kappa shape index (κ2) is 5.99. The highest BCUT2D eigenvalue weighted by atomic mass is 15.0. The Morgan fingerprint density at radius 1 is 1.30 bits per heavy atom. The first kappa shape index (κ1) is 13.0. The van der Waals surface area contributed by atoms with Crippen LogP contribution in [0.15, 0.2) is 30.7 Å². The number of pyridine rings is 1. The van der Waals surface area contributed by atoms with Crippen molar-refractivity contribution < 1.29 is 0 Å². The molecule has 1 aliphatic carbocycles. The van der Waals surface area contributed by atoms with Gasteiger partial charge in [-0.25, -0.2) is 9.97 Å². The summed E-state index contributed by atoms with van der Waals surface area (Å²) >= 11 is 0. The number of nitrogens with zero attached hydrogens (tertiary/aromatic N) is 3. The molecule has 0 fully saturated rings. The van der Waals surface area contributed by atoms with Gasteiger partial charge >= 0.3 is 0 Å². The van der Waals surface area contributed by atoms with Crippen LogP contribution in [0.1, 0.15) is 49.1 Å². The van der Waals surface area contributed by atoms with Crippen LogP contribution in [0.2, 0.25) is 0 Å². The van der Waals surface area contributed by atoms with E-state index in [1.807, 2.05) is 12.3 Å². The van der Waals surface area contributed by atoms with Gasteiger partial charge in [-0.2, -0.15) is 0 Å². The minimum atomic E-state index is 0.310. The lowest BCUT2D eigenvalue weighted by Gasteiger charge is -2.23. The Kier molecular flexibility index (Phi) is 3.90. The standard InChI is InChI=1S/C16H20N4/c1-2-8-17-15-10-14(19-11-20-15)13-7-3-5-12-6-4-9-18-16(12)13/h4,6,9-11,13H,2-3,5,7-8H2,1H3,(H,17,19,20). The third kappa shape index (κ3) is 2.64. The van der Waals surface area contributed by atoms with Gasteiger partial charge in [0.1, 0.15) is 12.1 Å². The molecule has 0 saturated carbocycles. The lowest BCUT2D eigenvalue weighted by Crippen LogP contribution is -2.14. The molecule has 2 aromatic rings. The van der Waals surface area contributed by atoms with Gasteiger partial charge in [-0.3, -0.25) is 4.98 Å². The molecule has 2 heterocycles. The molecule has 0 aliphatic heterocycles. The number of hydrogen-bond acceptors (Lipinski definition) is 4. The predicted octanol–water partition coefficient (Wildman–Crippen LogP) is 3.16. The molecule has 3 rings (SSSR count). The minimum Gasteiger partial charge on any atom is -0.370 e. The maximum absolute atomic E-state index is 4.59. The van der Waals surface area contributed by atoms with E-state index in [1.165, 1.54) is 17.7 Å². The van der Waals surface area contributed by atoms with Gasteiger partial charge in [0.15, 0.2) is 0 Å². The summed E-state index contributed by atoms with van der Waals surface area (Å²) in [5.41, 5.74) is 3.64. The van der Waals surface area contributed by atoms with E-state index in [2.05, 4.69) is 39.3 Å². The van der Waals surface area contributed by atoms with Gasteiger partial charge in [0.05, 0.1) is 11.4 Å². The zero-order valence-corrected chi connectivity index (χ0v) is 11.8. The van der Waals surface area contributed by atoms with Crippen molar-refractivity contribution in [1.29, 1.82) is 0 Å². The quantitative estimate of drug-likeness (QED) is 0.925. The van der Waals surface area contributed by atoms with Crippen LogP contribution in [-0.4, -0.2) is 21.5 Å². The van der Waals surface area contributed by atoms with Crippen molar-refractivity contribution in [1.82, 2.24) is 15.0 Å². The molecule has 0 bridgehead atoms. The minimum absolute atomic E-state index is 0.310. The Balaban J connectivity index is 1.90. The fraction of sp³-hybridized carbons (Fsp3) is 0.438. The molecule has 4 nitrogen and oxygen atoms in total. The van der Waals surface area contributed by atoms with Crippen LogP contribution in [0, 0.1) is 0 Å². The summed E-state index contributed by atoms with van der Waals surface area (Å²) in [4.78, 5) is 13.4. The molecule has 2 aromatic heterocycles. The molecule has 104 valence electrons. The van der Waals surface area contributed by atoms with Crippen molar-refractivity contribution >= 4 is 5.82 Å². The zero-order valence-electron chi connectivity index (χ0n) is 11.8. The van der Waals surface area contributed by atoms with Crippen LogP contribution >= 0.6 is 0 Å². The van der Waals surface area contributed by atoms with Crippen LogP contribution in [0.5, 0.6) is 0 Å². The van der Waals surface area contributed by atoms with E-state index >= 15 is 0 Å². The maximum Gasteiger partial charge on any atom is 0.129 e. The fourth-order valence-corrected chi connectivity index (χ4v) is 2.81. The summed E-state index contributed by atoms with van der Waals surface area (Å²) in [6.07, 6.45) is 8.08. The Hall–Kier alpha value is -1.97. The van der Waals surface area contributed by atoms with Crippen molar-refractivity contribution in [3.63, 3.8) is 0 Å². The van der Waals surface area contributed by atoms with E-state index in [-0.39, 0.29) is 0 Å². The largest absolute Gasteiger partial charge is 0.370 e. The van der Waals surface area contributed by atoms with Crippen molar-refractivity contribution in [2.45, 2.75) is 38.5 Å². The highest BCUT2D eigenvalue weighted by Gasteiger charge is 2.24. The molecule has 1 unspecified atom stereocenters. The first-order chi connectivity index (χ1) is 9.88. The van der Waals surface area contributed by atoms with E-state index in [0.717, 1.165) is 37.3 Å². The van der Waals surface area contributed by atoms with E-state index in [0.29, 0.717) is 5.92 Å². The molecule has 4 heteroatoms. The van der Waals surface area contributed by atoms with Gasteiger partial charge in [0, 0.05) is 24.7 Å². The molecule has 0 saturated heterocycles. The summed E-state index contributed by atoms with van der Waals surface area (Å²) in [7, 11) is 0. The normalized spacial score (nSPS) is 17.6. The molecule has 0 aromatic carbocycles. The molecule has 20 heavy (non-hydrogen) atoms. The SMILES string of the molecule is CCCNc1cc(C2CCCc3cccnc32)ncn1. The predicted molar refractivity (Wildman–Crippen MR) is 79.8 cm³/mol. The second-order valence-corrected chi connectivity index (χ2v) is 5.25. The van der Waals surface area contributed by atoms with Crippen molar-refractivity contribution in [2.75, 3.05) is 11.9 Å². The summed E-state index contributed by atoms with van der Waals surface area (Å²) in [5, 5.41) is 3.33. The van der Waals surface area contributed by atoms with Gasteiger partial charge in [-0.1, -0.05) is 13.0 Å². The number of nitrogens with one attached hydrogen (secondary N) is 1. The van der Waals surface area contributed by atoms with Gasteiger partial charge in [-0.05, 0) is 37.3 Å². The molecule has 0 radical (unpaired) electrons. The van der Waals surface area contributed by atoms with Crippen molar-refractivity contribution in [3.05, 3.63) is 47.7 Å². The average molecular weight is 268 g/mol. The van der Waals surface area contributed by atoms with Gasteiger partial charge in [0.2, 0.25) is 0 Å². The third-order valence-corrected chi connectivity index (χ3v) is 3.80.